The van der Waals surface area contributed by atoms with Crippen molar-refractivity contribution in [2.75, 3.05) is 18.1 Å². The molecule has 0 bridgehead atoms. The molecule has 0 radical (unpaired) electrons. The summed E-state index contributed by atoms with van der Waals surface area (Å²) in [6.07, 6.45) is -3.00. The van der Waals surface area contributed by atoms with Crippen molar-refractivity contribution >= 4 is 17.1 Å². The molecule has 0 spiro atoms. The first kappa shape index (κ1) is 29.5. The monoisotopic (exact) mass is 490 g/mol. The number of rotatable bonds is 6. The van der Waals surface area contributed by atoms with Gasteiger partial charge in [0.25, 0.3) is 0 Å². The topological polar surface area (TPSA) is 87.9 Å². The Morgan fingerprint density at radius 1 is 0.972 bits per heavy atom. The first-order chi connectivity index (χ1) is 17.2. The summed E-state index contributed by atoms with van der Waals surface area (Å²) in [6, 6.07) is 23.2. The average Bonchev–Trinajstić information content (AvgIpc) is 2.85. The first-order valence-electron chi connectivity index (χ1n) is 10.7. The van der Waals surface area contributed by atoms with E-state index in [1.807, 2.05) is 36.4 Å². The van der Waals surface area contributed by atoms with E-state index < -0.39 is 11.7 Å². The van der Waals surface area contributed by atoms with Crippen molar-refractivity contribution in [3.63, 3.8) is 0 Å². The van der Waals surface area contributed by atoms with Crippen LogP contribution >= 0.6 is 0 Å². The van der Waals surface area contributed by atoms with E-state index in [0.717, 1.165) is 17.2 Å². The van der Waals surface area contributed by atoms with Gasteiger partial charge in [-0.2, -0.15) is 18.4 Å². The SMILES string of the molecule is C=C(/C=C(\Nc1cccc(C#N)c1)c1cccc(Cc2cccc(N)c2)c1)C(F)(F)F.C=C=C.CN. The molecule has 0 saturated carbocycles. The fourth-order valence-electron chi connectivity index (χ4n) is 3.06. The lowest BCUT2D eigenvalue weighted by Crippen LogP contribution is -2.10. The molecular formula is C29H29F3N4. The molecule has 0 aliphatic heterocycles. The number of nitrogen functional groups attached to an aromatic ring is 1. The van der Waals surface area contributed by atoms with Gasteiger partial charge in [-0.3, -0.25) is 0 Å². The maximum absolute atomic E-state index is 13.2. The van der Waals surface area contributed by atoms with Crippen LogP contribution in [0.2, 0.25) is 0 Å². The molecule has 0 fully saturated rings. The molecule has 4 nitrogen and oxygen atoms in total. The summed E-state index contributed by atoms with van der Waals surface area (Å²) in [6.45, 7) is 9.41. The average molecular weight is 491 g/mol. The van der Waals surface area contributed by atoms with Gasteiger partial charge in [0, 0.05) is 17.1 Å². The van der Waals surface area contributed by atoms with Gasteiger partial charge >= 0.3 is 6.18 Å². The number of nitrogens with zero attached hydrogens (tertiary/aromatic N) is 1. The zero-order valence-electron chi connectivity index (χ0n) is 20.1. The lowest BCUT2D eigenvalue weighted by molar-refractivity contribution is -0.0877. The molecule has 0 atom stereocenters. The molecule has 3 rings (SSSR count). The molecule has 0 aliphatic rings. The number of alkyl halides is 3. The van der Waals surface area contributed by atoms with Gasteiger partial charge in [0.15, 0.2) is 0 Å². The van der Waals surface area contributed by atoms with Gasteiger partial charge in [0.1, 0.15) is 0 Å². The zero-order valence-corrected chi connectivity index (χ0v) is 20.1. The van der Waals surface area contributed by atoms with E-state index in [4.69, 9.17) is 11.0 Å². The highest BCUT2D eigenvalue weighted by Gasteiger charge is 2.30. The van der Waals surface area contributed by atoms with Crippen molar-refractivity contribution in [2.45, 2.75) is 12.6 Å². The lowest BCUT2D eigenvalue weighted by Gasteiger charge is -2.15. The Morgan fingerprint density at radius 2 is 1.56 bits per heavy atom. The van der Waals surface area contributed by atoms with Gasteiger partial charge in [-0.25, -0.2) is 0 Å². The number of benzene rings is 3. The third kappa shape index (κ3) is 9.78. The van der Waals surface area contributed by atoms with Crippen LogP contribution in [0.3, 0.4) is 0 Å². The second-order valence-corrected chi connectivity index (χ2v) is 7.27. The Labute approximate surface area is 210 Å². The second-order valence-electron chi connectivity index (χ2n) is 7.27. The summed E-state index contributed by atoms with van der Waals surface area (Å²) in [5, 5.41) is 12.1. The molecule has 0 heterocycles. The minimum atomic E-state index is -4.55. The Hall–Kier alpha value is -4.50. The van der Waals surface area contributed by atoms with Crippen molar-refractivity contribution in [3.8, 4) is 6.07 Å². The van der Waals surface area contributed by atoms with Crippen LogP contribution in [0.1, 0.15) is 22.3 Å². The van der Waals surface area contributed by atoms with Gasteiger partial charge < -0.3 is 16.8 Å². The maximum Gasteiger partial charge on any atom is 0.415 e. The van der Waals surface area contributed by atoms with E-state index >= 15 is 0 Å². The van der Waals surface area contributed by atoms with Crippen LogP contribution in [0, 0.1) is 11.3 Å². The molecule has 0 amide bonds. The summed E-state index contributed by atoms with van der Waals surface area (Å²) in [7, 11) is 1.50. The lowest BCUT2D eigenvalue weighted by atomic mass is 10.0. The van der Waals surface area contributed by atoms with Crippen molar-refractivity contribution in [2.24, 2.45) is 5.73 Å². The molecule has 3 aromatic carbocycles. The molecule has 0 unspecified atom stereocenters. The number of halogens is 3. The van der Waals surface area contributed by atoms with Crippen LogP contribution in [0.15, 0.2) is 110 Å². The molecule has 7 heteroatoms. The predicted octanol–water partition coefficient (Wildman–Crippen LogP) is 6.83. The Kier molecular flexibility index (Phi) is 12.1. The number of nitriles is 1. The van der Waals surface area contributed by atoms with Crippen LogP contribution in [-0.4, -0.2) is 13.2 Å². The van der Waals surface area contributed by atoms with Gasteiger partial charge in [-0.15, -0.1) is 5.73 Å². The number of hydrogen-bond donors (Lipinski definition) is 3. The Bertz CT molecular complexity index is 1260. The highest BCUT2D eigenvalue weighted by atomic mass is 19.4. The number of anilines is 2. The van der Waals surface area contributed by atoms with E-state index in [9.17, 15) is 13.2 Å². The normalized spacial score (nSPS) is 10.4. The summed E-state index contributed by atoms with van der Waals surface area (Å²) < 4.78 is 39.5. The number of allylic oxidation sites excluding steroid dienone is 2. The second kappa shape index (κ2) is 14.7. The quantitative estimate of drug-likeness (QED) is 0.201. The Balaban J connectivity index is 0.00000120. The van der Waals surface area contributed by atoms with Crippen molar-refractivity contribution < 1.29 is 13.2 Å². The third-order valence-electron chi connectivity index (χ3n) is 4.55. The van der Waals surface area contributed by atoms with Gasteiger partial charge in [-0.05, 0) is 72.6 Å². The summed E-state index contributed by atoms with van der Waals surface area (Å²) >= 11 is 0. The summed E-state index contributed by atoms with van der Waals surface area (Å²) in [5.41, 5.74) is 15.9. The largest absolute Gasteiger partial charge is 0.415 e. The van der Waals surface area contributed by atoms with E-state index in [1.54, 1.807) is 42.5 Å². The molecule has 186 valence electrons. The van der Waals surface area contributed by atoms with Gasteiger partial charge in [0.05, 0.1) is 17.2 Å². The molecular weight excluding hydrogens is 461 g/mol. The fraction of sp³-hybridized carbons (Fsp3) is 0.103. The molecule has 0 aromatic heterocycles. The molecule has 36 heavy (non-hydrogen) atoms. The van der Waals surface area contributed by atoms with Crippen LogP contribution in [0.4, 0.5) is 24.5 Å². The molecule has 3 aromatic rings. The van der Waals surface area contributed by atoms with E-state index in [2.05, 4.69) is 36.5 Å². The first-order valence-corrected chi connectivity index (χ1v) is 10.7. The van der Waals surface area contributed by atoms with Crippen molar-refractivity contribution in [1.29, 1.82) is 5.26 Å². The van der Waals surface area contributed by atoms with E-state index in [0.29, 0.717) is 28.9 Å². The van der Waals surface area contributed by atoms with E-state index in [1.165, 1.54) is 7.05 Å². The van der Waals surface area contributed by atoms with Crippen LogP contribution in [0.5, 0.6) is 0 Å². The van der Waals surface area contributed by atoms with Crippen LogP contribution in [0.25, 0.3) is 5.70 Å². The summed E-state index contributed by atoms with van der Waals surface area (Å²) in [5.74, 6) is 0. The van der Waals surface area contributed by atoms with Crippen LogP contribution in [-0.2, 0) is 6.42 Å². The fourth-order valence-corrected chi connectivity index (χ4v) is 3.06. The maximum atomic E-state index is 13.2. The minimum Gasteiger partial charge on any atom is -0.399 e. The predicted molar refractivity (Wildman–Crippen MR) is 143 cm³/mol. The minimum absolute atomic E-state index is 0.229. The number of nitrogens with one attached hydrogen (secondary N) is 1. The van der Waals surface area contributed by atoms with E-state index in [-0.39, 0.29) is 5.70 Å². The van der Waals surface area contributed by atoms with Gasteiger partial charge in [-0.1, -0.05) is 56.1 Å². The third-order valence-corrected chi connectivity index (χ3v) is 4.55. The van der Waals surface area contributed by atoms with Crippen LogP contribution < -0.4 is 16.8 Å². The zero-order chi connectivity index (χ0) is 27.1. The highest BCUT2D eigenvalue weighted by molar-refractivity contribution is 5.79. The molecule has 0 aliphatic carbocycles. The van der Waals surface area contributed by atoms with Gasteiger partial charge in [0.2, 0.25) is 0 Å². The molecule has 5 N–H and O–H groups in total. The highest BCUT2D eigenvalue weighted by Crippen LogP contribution is 2.29. The van der Waals surface area contributed by atoms with Crippen molar-refractivity contribution in [1.82, 2.24) is 0 Å². The standard InChI is InChI=1S/C25H20F3N3.C3H4.CH5N/c1-17(25(26,27)28)11-24(31-23-10-4-7-20(15-23)16-29)21-8-2-5-18(13-21)12-19-6-3-9-22(30)14-19;1-3-2;1-2/h2-11,13-15,31H,1,12,30H2;1-2H2;2H2,1H3/b24-11-;;. The Morgan fingerprint density at radius 3 is 2.14 bits per heavy atom. The molecule has 0 saturated heterocycles. The summed E-state index contributed by atoms with van der Waals surface area (Å²) in [4.78, 5) is 0. The van der Waals surface area contributed by atoms with Crippen molar-refractivity contribution in [3.05, 3.63) is 132 Å². The number of hydrogen-bond acceptors (Lipinski definition) is 4. The number of nitrogens with two attached hydrogens (primary N) is 2. The smallest absolute Gasteiger partial charge is 0.399 e.